The number of nitrogens with zero attached hydrogens (tertiary/aromatic N) is 2. The molecule has 4 rings (SSSR count). The summed E-state index contributed by atoms with van der Waals surface area (Å²) >= 11 is 0. The van der Waals surface area contributed by atoms with Gasteiger partial charge in [0.25, 0.3) is 0 Å². The van der Waals surface area contributed by atoms with Gasteiger partial charge in [0.1, 0.15) is 0 Å². The van der Waals surface area contributed by atoms with Crippen LogP contribution in [0.4, 0.5) is 5.69 Å². The Morgan fingerprint density at radius 1 is 0.727 bits per heavy atom. The third-order valence-corrected chi connectivity index (χ3v) is 3.77. The molecular formula is C20H14N2. The minimum Gasteiger partial charge on any atom is -0.255 e. The van der Waals surface area contributed by atoms with Crippen molar-refractivity contribution in [3.63, 3.8) is 0 Å². The number of aliphatic imine (C=N–C) groups is 1. The Kier molecular flexibility index (Phi) is 3.13. The van der Waals surface area contributed by atoms with Crippen molar-refractivity contribution >= 4 is 33.4 Å². The summed E-state index contributed by atoms with van der Waals surface area (Å²) in [5.74, 6) is 0. The highest BCUT2D eigenvalue weighted by atomic mass is 14.8. The lowest BCUT2D eigenvalue weighted by Gasteiger charge is -2.07. The molecule has 104 valence electrons. The summed E-state index contributed by atoms with van der Waals surface area (Å²) < 4.78 is 0. The first kappa shape index (κ1) is 12.7. The van der Waals surface area contributed by atoms with Crippen LogP contribution in [-0.2, 0) is 0 Å². The third-order valence-electron chi connectivity index (χ3n) is 3.77. The van der Waals surface area contributed by atoms with E-state index in [9.17, 15) is 0 Å². The van der Waals surface area contributed by atoms with E-state index in [1.165, 1.54) is 16.2 Å². The van der Waals surface area contributed by atoms with Gasteiger partial charge in [-0.2, -0.15) is 0 Å². The number of aromatic nitrogens is 1. The van der Waals surface area contributed by atoms with Crippen molar-refractivity contribution in [1.82, 2.24) is 4.98 Å². The molecule has 0 unspecified atom stereocenters. The Morgan fingerprint density at radius 3 is 2.27 bits per heavy atom. The molecule has 22 heavy (non-hydrogen) atoms. The molecule has 0 bridgehead atoms. The number of benzene rings is 3. The Labute approximate surface area is 128 Å². The molecule has 0 saturated carbocycles. The van der Waals surface area contributed by atoms with Gasteiger partial charge in [-0.25, -0.2) is 0 Å². The number of fused-ring (bicyclic) bond motifs is 3. The molecule has 2 nitrogen and oxygen atoms in total. The molecular weight excluding hydrogens is 268 g/mol. The van der Waals surface area contributed by atoms with Gasteiger partial charge in [0, 0.05) is 11.6 Å². The van der Waals surface area contributed by atoms with E-state index in [1.54, 1.807) is 6.20 Å². The van der Waals surface area contributed by atoms with E-state index in [2.05, 4.69) is 64.6 Å². The van der Waals surface area contributed by atoms with Crippen molar-refractivity contribution in [2.24, 2.45) is 4.99 Å². The van der Waals surface area contributed by atoms with Crippen LogP contribution >= 0.6 is 0 Å². The summed E-state index contributed by atoms with van der Waals surface area (Å²) in [4.78, 5) is 8.95. The minimum atomic E-state index is 0.861. The van der Waals surface area contributed by atoms with E-state index in [4.69, 9.17) is 0 Å². The molecule has 0 aliphatic rings. The Balaban J connectivity index is 1.94. The van der Waals surface area contributed by atoms with Gasteiger partial charge in [0.05, 0.1) is 17.6 Å². The summed E-state index contributed by atoms with van der Waals surface area (Å²) in [6, 6.07) is 24.8. The molecule has 0 aliphatic carbocycles. The molecule has 2 heteroatoms. The fourth-order valence-electron chi connectivity index (χ4n) is 2.73. The molecule has 0 radical (unpaired) electrons. The second-order valence-corrected chi connectivity index (χ2v) is 5.18. The normalized spacial score (nSPS) is 11.5. The van der Waals surface area contributed by atoms with E-state index < -0.39 is 0 Å². The molecule has 0 amide bonds. The number of rotatable bonds is 2. The molecule has 0 aliphatic heterocycles. The Hall–Kier alpha value is -3.00. The molecule has 1 aromatic heterocycles. The quantitative estimate of drug-likeness (QED) is 0.369. The van der Waals surface area contributed by atoms with Crippen molar-refractivity contribution in [3.05, 3.63) is 84.7 Å². The lowest BCUT2D eigenvalue weighted by molar-refractivity contribution is 1.30. The number of pyridine rings is 1. The van der Waals surface area contributed by atoms with Gasteiger partial charge >= 0.3 is 0 Å². The Morgan fingerprint density at radius 2 is 1.45 bits per heavy atom. The van der Waals surface area contributed by atoms with Gasteiger partial charge in [-0.05, 0) is 34.4 Å². The fraction of sp³-hybridized carbons (Fsp3) is 0. The predicted molar refractivity (Wildman–Crippen MR) is 92.9 cm³/mol. The fourth-order valence-corrected chi connectivity index (χ4v) is 2.73. The van der Waals surface area contributed by atoms with Crippen LogP contribution in [-0.4, -0.2) is 11.2 Å². The lowest BCUT2D eigenvalue weighted by atomic mass is 10.0. The van der Waals surface area contributed by atoms with Crippen molar-refractivity contribution in [2.45, 2.75) is 0 Å². The SMILES string of the molecule is C(=Nc1cc2ccccc2c2ccccc12)c1ccccn1. The van der Waals surface area contributed by atoms with E-state index in [0.29, 0.717) is 0 Å². The maximum Gasteiger partial charge on any atom is 0.0812 e. The second-order valence-electron chi connectivity index (χ2n) is 5.18. The number of hydrogen-bond acceptors (Lipinski definition) is 2. The largest absolute Gasteiger partial charge is 0.255 e. The molecule has 4 aromatic rings. The van der Waals surface area contributed by atoms with Crippen molar-refractivity contribution in [1.29, 1.82) is 0 Å². The van der Waals surface area contributed by atoms with Crippen LogP contribution < -0.4 is 0 Å². The molecule has 3 aromatic carbocycles. The molecule has 0 N–H and O–H groups in total. The van der Waals surface area contributed by atoms with Crippen LogP contribution in [0.5, 0.6) is 0 Å². The predicted octanol–water partition coefficient (Wildman–Crippen LogP) is 5.14. The zero-order chi connectivity index (χ0) is 14.8. The summed E-state index contributed by atoms with van der Waals surface area (Å²) in [6.07, 6.45) is 3.59. The average molecular weight is 282 g/mol. The van der Waals surface area contributed by atoms with Crippen LogP contribution in [0.1, 0.15) is 5.69 Å². The topological polar surface area (TPSA) is 25.2 Å². The molecule has 0 spiro atoms. The summed E-state index contributed by atoms with van der Waals surface area (Å²) in [5, 5.41) is 4.85. The molecule has 0 saturated heterocycles. The van der Waals surface area contributed by atoms with Crippen molar-refractivity contribution in [2.75, 3.05) is 0 Å². The number of hydrogen-bond donors (Lipinski definition) is 0. The molecule has 1 heterocycles. The van der Waals surface area contributed by atoms with Crippen LogP contribution in [0, 0.1) is 0 Å². The summed E-state index contributed by atoms with van der Waals surface area (Å²) in [5.41, 5.74) is 1.83. The van der Waals surface area contributed by atoms with E-state index in [-0.39, 0.29) is 0 Å². The van der Waals surface area contributed by atoms with Gasteiger partial charge in [0.2, 0.25) is 0 Å². The molecule has 0 atom stereocenters. The molecule has 0 fully saturated rings. The van der Waals surface area contributed by atoms with Crippen LogP contribution in [0.25, 0.3) is 21.5 Å². The lowest BCUT2D eigenvalue weighted by Crippen LogP contribution is -1.85. The first-order valence-electron chi connectivity index (χ1n) is 7.27. The van der Waals surface area contributed by atoms with Gasteiger partial charge in [-0.1, -0.05) is 54.6 Å². The zero-order valence-corrected chi connectivity index (χ0v) is 12.0. The van der Waals surface area contributed by atoms with Crippen LogP contribution in [0.15, 0.2) is 84.0 Å². The van der Waals surface area contributed by atoms with Crippen molar-refractivity contribution < 1.29 is 0 Å². The first-order chi connectivity index (χ1) is 10.9. The van der Waals surface area contributed by atoms with Gasteiger partial charge in [0.15, 0.2) is 0 Å². The Bertz CT molecular complexity index is 972. The summed E-state index contributed by atoms with van der Waals surface area (Å²) in [6.45, 7) is 0. The first-order valence-corrected chi connectivity index (χ1v) is 7.27. The van der Waals surface area contributed by atoms with E-state index >= 15 is 0 Å². The summed E-state index contributed by atoms with van der Waals surface area (Å²) in [7, 11) is 0. The van der Waals surface area contributed by atoms with Gasteiger partial charge < -0.3 is 0 Å². The maximum atomic E-state index is 4.67. The van der Waals surface area contributed by atoms with Gasteiger partial charge in [-0.3, -0.25) is 9.98 Å². The van der Waals surface area contributed by atoms with Crippen LogP contribution in [0.2, 0.25) is 0 Å². The van der Waals surface area contributed by atoms with E-state index in [1.807, 2.05) is 24.4 Å². The average Bonchev–Trinajstić information content (AvgIpc) is 2.60. The smallest absolute Gasteiger partial charge is 0.0812 e. The highest BCUT2D eigenvalue weighted by Gasteiger charge is 2.04. The standard InChI is InChI=1S/C20H14N2/c1-2-9-17-15(7-1)13-20(19-11-4-3-10-18(17)19)22-14-16-8-5-6-12-21-16/h1-14H. The van der Waals surface area contributed by atoms with E-state index in [0.717, 1.165) is 16.8 Å². The highest BCUT2D eigenvalue weighted by molar-refractivity contribution is 6.12. The third kappa shape index (κ3) is 2.25. The second kappa shape index (κ2) is 5.41. The minimum absolute atomic E-state index is 0.861. The monoisotopic (exact) mass is 282 g/mol. The highest BCUT2D eigenvalue weighted by Crippen LogP contribution is 2.33. The zero-order valence-electron chi connectivity index (χ0n) is 12.0. The van der Waals surface area contributed by atoms with Gasteiger partial charge in [-0.15, -0.1) is 0 Å². The maximum absolute atomic E-state index is 4.67. The van der Waals surface area contributed by atoms with Crippen molar-refractivity contribution in [3.8, 4) is 0 Å². The van der Waals surface area contributed by atoms with Crippen LogP contribution in [0.3, 0.4) is 0 Å².